The minimum Gasteiger partial charge on any atom is -0.457 e. The Hall–Kier alpha value is -1.80. The van der Waals surface area contributed by atoms with Crippen molar-refractivity contribution in [3.63, 3.8) is 0 Å². The van der Waals surface area contributed by atoms with Crippen LogP contribution in [0.15, 0.2) is 29.0 Å². The van der Waals surface area contributed by atoms with Gasteiger partial charge in [0.25, 0.3) is 0 Å². The van der Waals surface area contributed by atoms with Crippen molar-refractivity contribution in [2.75, 3.05) is 13.1 Å². The van der Waals surface area contributed by atoms with E-state index in [1.807, 2.05) is 20.8 Å². The van der Waals surface area contributed by atoms with Crippen LogP contribution in [-0.2, 0) is 24.7 Å². The van der Waals surface area contributed by atoms with Crippen LogP contribution in [0, 0.1) is 0 Å². The van der Waals surface area contributed by atoms with Crippen molar-refractivity contribution in [2.45, 2.75) is 58.7 Å². The number of halogens is 1. The molecular formula is C19H28BrN3O4. The van der Waals surface area contributed by atoms with Gasteiger partial charge in [0, 0.05) is 18.5 Å². The van der Waals surface area contributed by atoms with Crippen LogP contribution in [-0.4, -0.2) is 40.6 Å². The lowest BCUT2D eigenvalue weighted by molar-refractivity contribution is -0.157. The van der Waals surface area contributed by atoms with E-state index in [9.17, 15) is 9.59 Å². The molecule has 0 aromatic carbocycles. The second-order valence-corrected chi connectivity index (χ2v) is 8.38. The van der Waals surface area contributed by atoms with Gasteiger partial charge in [-0.2, -0.15) is 0 Å². The second kappa shape index (κ2) is 10.5. The number of hydrogen-bond acceptors (Lipinski definition) is 7. The zero-order valence-corrected chi connectivity index (χ0v) is 18.1. The summed E-state index contributed by atoms with van der Waals surface area (Å²) in [4.78, 5) is 31.8. The van der Waals surface area contributed by atoms with Crippen molar-refractivity contribution < 1.29 is 19.1 Å². The van der Waals surface area contributed by atoms with E-state index in [1.165, 1.54) is 6.08 Å². The largest absolute Gasteiger partial charge is 0.457 e. The molecule has 0 bridgehead atoms. The molecule has 1 heterocycles. The van der Waals surface area contributed by atoms with E-state index in [4.69, 9.17) is 9.47 Å². The molecule has 150 valence electrons. The fourth-order valence-electron chi connectivity index (χ4n) is 2.04. The van der Waals surface area contributed by atoms with Crippen molar-refractivity contribution in [3.8, 4) is 0 Å². The Morgan fingerprint density at radius 2 is 1.78 bits per heavy atom. The van der Waals surface area contributed by atoms with Gasteiger partial charge in [0.2, 0.25) is 0 Å². The van der Waals surface area contributed by atoms with Gasteiger partial charge in [-0.15, -0.1) is 0 Å². The van der Waals surface area contributed by atoms with Crippen LogP contribution in [0.25, 0.3) is 0 Å². The highest BCUT2D eigenvalue weighted by Gasteiger charge is 2.28. The molecule has 0 radical (unpaired) electrons. The number of rotatable bonds is 9. The Balaban J connectivity index is 2.24. The Morgan fingerprint density at radius 1 is 1.15 bits per heavy atom. The van der Waals surface area contributed by atoms with E-state index in [0.717, 1.165) is 10.9 Å². The lowest BCUT2D eigenvalue weighted by Gasteiger charge is -2.23. The van der Waals surface area contributed by atoms with Crippen molar-refractivity contribution in [3.05, 3.63) is 34.8 Å². The van der Waals surface area contributed by atoms with Crippen molar-refractivity contribution in [1.82, 2.24) is 15.3 Å². The normalized spacial score (nSPS) is 12.2. The van der Waals surface area contributed by atoms with Crippen LogP contribution >= 0.6 is 15.9 Å². The molecule has 0 aliphatic rings. The molecule has 1 rings (SSSR count). The molecule has 1 N–H and O–H groups in total. The van der Waals surface area contributed by atoms with E-state index >= 15 is 0 Å². The lowest BCUT2D eigenvalue weighted by atomic mass is 10.1. The Labute approximate surface area is 169 Å². The number of carbonyl (C=O) groups excluding carboxylic acids is 2. The summed E-state index contributed by atoms with van der Waals surface area (Å²) in [7, 11) is 0. The number of nitrogens with zero attached hydrogens (tertiary/aromatic N) is 2. The topological polar surface area (TPSA) is 90.4 Å². The summed E-state index contributed by atoms with van der Waals surface area (Å²) >= 11 is 3.27. The quantitative estimate of drug-likeness (QED) is 0.357. The predicted octanol–water partition coefficient (Wildman–Crippen LogP) is 3.29. The Morgan fingerprint density at radius 3 is 2.37 bits per heavy atom. The minimum atomic E-state index is -0.907. The molecule has 1 aromatic rings. The molecule has 27 heavy (non-hydrogen) atoms. The highest BCUT2D eigenvalue weighted by Crippen LogP contribution is 2.21. The van der Waals surface area contributed by atoms with Gasteiger partial charge >= 0.3 is 11.9 Å². The van der Waals surface area contributed by atoms with Gasteiger partial charge in [0.15, 0.2) is 11.4 Å². The smallest absolute Gasteiger partial charge is 0.330 e. The third-order valence-electron chi connectivity index (χ3n) is 3.18. The molecule has 0 spiro atoms. The Bertz CT molecular complexity index is 652. The second-order valence-electron chi connectivity index (χ2n) is 7.46. The van der Waals surface area contributed by atoms with E-state index < -0.39 is 11.2 Å². The van der Waals surface area contributed by atoms with E-state index in [2.05, 4.69) is 31.2 Å². The zero-order valence-electron chi connectivity index (χ0n) is 16.5. The van der Waals surface area contributed by atoms with Crippen molar-refractivity contribution in [1.29, 1.82) is 0 Å². The molecule has 0 aliphatic heterocycles. The molecule has 0 atom stereocenters. The maximum atomic E-state index is 12.0. The summed E-state index contributed by atoms with van der Waals surface area (Å²) in [6, 6.07) is 0. The lowest BCUT2D eigenvalue weighted by Crippen LogP contribution is -2.33. The van der Waals surface area contributed by atoms with Gasteiger partial charge in [-0.1, -0.05) is 6.08 Å². The maximum Gasteiger partial charge on any atom is 0.330 e. The maximum absolute atomic E-state index is 12.0. The fourth-order valence-corrected chi connectivity index (χ4v) is 2.24. The SMILES string of the molecule is CC(C)(C)OC(=O)C=CCCCNCC(=O)OC(C)(C)c1ncc(Br)cn1. The van der Waals surface area contributed by atoms with Gasteiger partial charge in [-0.25, -0.2) is 14.8 Å². The van der Waals surface area contributed by atoms with Gasteiger partial charge in [-0.3, -0.25) is 4.79 Å². The van der Waals surface area contributed by atoms with Crippen LogP contribution in [0.5, 0.6) is 0 Å². The van der Waals surface area contributed by atoms with Gasteiger partial charge in [-0.05, 0) is 69.9 Å². The predicted molar refractivity (Wildman–Crippen MR) is 106 cm³/mol. The number of unbranched alkanes of at least 4 members (excludes halogenated alkanes) is 1. The van der Waals surface area contributed by atoms with Gasteiger partial charge < -0.3 is 14.8 Å². The average Bonchev–Trinajstić information content (AvgIpc) is 2.52. The molecule has 0 saturated carbocycles. The molecule has 0 unspecified atom stereocenters. The highest BCUT2D eigenvalue weighted by molar-refractivity contribution is 9.10. The summed E-state index contributed by atoms with van der Waals surface area (Å²) in [5, 5.41) is 3.02. The number of nitrogens with one attached hydrogen (secondary N) is 1. The first-order valence-corrected chi connectivity index (χ1v) is 9.59. The minimum absolute atomic E-state index is 0.0930. The third-order valence-corrected chi connectivity index (χ3v) is 3.59. The first kappa shape index (κ1) is 23.2. The molecule has 0 saturated heterocycles. The third kappa shape index (κ3) is 10.2. The number of esters is 2. The van der Waals surface area contributed by atoms with Crippen LogP contribution in [0.4, 0.5) is 0 Å². The fraction of sp³-hybridized carbons (Fsp3) is 0.579. The van der Waals surface area contributed by atoms with Crippen molar-refractivity contribution in [2.24, 2.45) is 0 Å². The van der Waals surface area contributed by atoms with Crippen LogP contribution in [0.1, 0.15) is 53.3 Å². The zero-order chi connectivity index (χ0) is 20.5. The Kier molecular flexibility index (Phi) is 9.05. The van der Waals surface area contributed by atoms with Gasteiger partial charge in [0.1, 0.15) is 5.60 Å². The summed E-state index contributed by atoms with van der Waals surface area (Å²) in [5.41, 5.74) is -1.39. The molecule has 7 nitrogen and oxygen atoms in total. The number of allylic oxidation sites excluding steroid dienone is 1. The molecule has 1 aromatic heterocycles. The molecular weight excluding hydrogens is 414 g/mol. The van der Waals surface area contributed by atoms with Crippen molar-refractivity contribution >= 4 is 27.9 Å². The number of ether oxygens (including phenoxy) is 2. The van der Waals surface area contributed by atoms with Gasteiger partial charge in [0.05, 0.1) is 11.0 Å². The number of hydrogen-bond donors (Lipinski definition) is 1. The number of aromatic nitrogens is 2. The summed E-state index contributed by atoms with van der Waals surface area (Å²) in [6.45, 7) is 9.69. The molecule has 8 heteroatoms. The molecule has 0 aliphatic carbocycles. The van der Waals surface area contributed by atoms with E-state index in [0.29, 0.717) is 18.8 Å². The van der Waals surface area contributed by atoms with E-state index in [-0.39, 0.29) is 18.5 Å². The highest BCUT2D eigenvalue weighted by atomic mass is 79.9. The summed E-state index contributed by atoms with van der Waals surface area (Å²) < 4.78 is 11.4. The monoisotopic (exact) mass is 441 g/mol. The number of carbonyl (C=O) groups is 2. The van der Waals surface area contributed by atoms with Crippen LogP contribution < -0.4 is 5.32 Å². The van der Waals surface area contributed by atoms with Crippen LogP contribution in [0.2, 0.25) is 0 Å². The summed E-state index contributed by atoms with van der Waals surface area (Å²) in [5.74, 6) is -0.293. The van der Waals surface area contributed by atoms with E-state index in [1.54, 1.807) is 32.3 Å². The standard InChI is InChI=1S/C19H28BrN3O4/c1-18(2,3)26-15(24)9-7-6-8-10-21-13-16(25)27-19(4,5)17-22-11-14(20)12-23-17/h7,9,11-12,21H,6,8,10,13H2,1-5H3. The summed E-state index contributed by atoms with van der Waals surface area (Å²) in [6.07, 6.45) is 7.91. The average molecular weight is 442 g/mol. The first-order valence-electron chi connectivity index (χ1n) is 8.80. The molecule has 0 fully saturated rings. The molecule has 0 amide bonds. The van der Waals surface area contributed by atoms with Crippen LogP contribution in [0.3, 0.4) is 0 Å². The first-order chi connectivity index (χ1) is 12.5.